The van der Waals surface area contributed by atoms with Crippen LogP contribution >= 0.6 is 0 Å². The van der Waals surface area contributed by atoms with E-state index < -0.39 is 4.92 Å². The number of carbonyl (C=O) groups is 1. The van der Waals surface area contributed by atoms with Crippen LogP contribution in [0.25, 0.3) is 0 Å². The summed E-state index contributed by atoms with van der Waals surface area (Å²) in [6.07, 6.45) is 2.51. The first-order valence-corrected chi connectivity index (χ1v) is 9.60. The second-order valence-electron chi connectivity index (χ2n) is 7.07. The Bertz CT molecular complexity index is 701. The lowest BCUT2D eigenvalue weighted by atomic mass is 9.97. The van der Waals surface area contributed by atoms with Crippen LogP contribution in [0.5, 0.6) is 0 Å². The first-order chi connectivity index (χ1) is 13.5. The second-order valence-corrected chi connectivity index (χ2v) is 7.07. The summed E-state index contributed by atoms with van der Waals surface area (Å²) in [4.78, 5) is 35.6. The van der Waals surface area contributed by atoms with Crippen LogP contribution in [0.15, 0.2) is 6.33 Å². The molecule has 28 heavy (non-hydrogen) atoms. The maximum absolute atomic E-state index is 11.9. The van der Waals surface area contributed by atoms with Gasteiger partial charge in [0.05, 0.1) is 17.4 Å². The molecule has 2 fully saturated rings. The van der Waals surface area contributed by atoms with Gasteiger partial charge in [0.15, 0.2) is 0 Å². The normalized spacial score (nSPS) is 19.4. The van der Waals surface area contributed by atoms with Gasteiger partial charge in [-0.15, -0.1) is 0 Å². The van der Waals surface area contributed by atoms with Crippen molar-refractivity contribution in [2.75, 3.05) is 63.2 Å². The van der Waals surface area contributed by atoms with Gasteiger partial charge in [-0.1, -0.05) is 0 Å². The lowest BCUT2D eigenvalue weighted by molar-refractivity contribution is -0.383. The number of nitrogens with zero attached hydrogens (tertiary/aromatic N) is 6. The van der Waals surface area contributed by atoms with Gasteiger partial charge in [0.25, 0.3) is 0 Å². The number of likely N-dealkylation sites (N-methyl/N-ethyl adjacent to an activating group) is 1. The topological polar surface area (TPSA) is 117 Å². The predicted molar refractivity (Wildman–Crippen MR) is 103 cm³/mol. The van der Waals surface area contributed by atoms with Gasteiger partial charge < -0.3 is 14.5 Å². The minimum absolute atomic E-state index is 0.129. The van der Waals surface area contributed by atoms with Crippen molar-refractivity contribution in [2.45, 2.75) is 19.8 Å². The zero-order chi connectivity index (χ0) is 20.1. The Balaban J connectivity index is 1.73. The third-order valence-corrected chi connectivity index (χ3v) is 5.17. The highest BCUT2D eigenvalue weighted by molar-refractivity contribution is 5.74. The molecule has 1 N–H and O–H groups in total. The summed E-state index contributed by atoms with van der Waals surface area (Å²) in [6, 6.07) is 0. The summed E-state index contributed by atoms with van der Waals surface area (Å²) in [5, 5.41) is 13.7. The molecule has 0 aliphatic carbocycles. The number of hydrazine groups is 1. The molecule has 1 aromatic heterocycles. The number of esters is 1. The fourth-order valence-corrected chi connectivity index (χ4v) is 3.51. The molecule has 0 radical (unpaired) electrons. The first kappa shape index (κ1) is 20.2. The summed E-state index contributed by atoms with van der Waals surface area (Å²) in [7, 11) is 2.04. The van der Waals surface area contributed by atoms with Crippen LogP contribution in [0.4, 0.5) is 17.3 Å². The van der Waals surface area contributed by atoms with Crippen molar-refractivity contribution in [3.05, 3.63) is 16.4 Å². The van der Waals surface area contributed by atoms with Crippen LogP contribution in [-0.2, 0) is 9.53 Å². The van der Waals surface area contributed by atoms with E-state index in [4.69, 9.17) is 4.74 Å². The highest BCUT2D eigenvalue weighted by Crippen LogP contribution is 2.34. The standard InChI is InChI=1S/C17H27N7O4/c1-3-28-17(25)13-4-6-22(7-5-13)16-14(24(26)27)15(18-12-19-16)20-23-10-8-21(2)9-11-23/h12-13H,3-11H2,1-2H3,(H,18,19,20). The molecular weight excluding hydrogens is 366 g/mol. The molecule has 2 aliphatic heterocycles. The van der Waals surface area contributed by atoms with Crippen LogP contribution in [0.3, 0.4) is 0 Å². The number of hydrogen-bond acceptors (Lipinski definition) is 10. The second kappa shape index (κ2) is 9.11. The lowest BCUT2D eigenvalue weighted by Crippen LogP contribution is -2.47. The number of rotatable bonds is 6. The molecule has 11 nitrogen and oxygen atoms in total. The zero-order valence-corrected chi connectivity index (χ0v) is 16.3. The van der Waals surface area contributed by atoms with Gasteiger partial charge in [0, 0.05) is 39.3 Å². The quantitative estimate of drug-likeness (QED) is 0.421. The number of nitro groups is 1. The Morgan fingerprint density at radius 1 is 1.25 bits per heavy atom. The molecule has 2 aliphatic rings. The molecule has 154 valence electrons. The van der Waals surface area contributed by atoms with Crippen molar-refractivity contribution >= 4 is 23.3 Å². The van der Waals surface area contributed by atoms with E-state index in [0.29, 0.717) is 38.4 Å². The molecule has 0 unspecified atom stereocenters. The number of ether oxygens (including phenoxy) is 1. The van der Waals surface area contributed by atoms with Crippen LogP contribution < -0.4 is 10.3 Å². The fourth-order valence-electron chi connectivity index (χ4n) is 3.51. The third-order valence-electron chi connectivity index (χ3n) is 5.17. The number of anilines is 2. The van der Waals surface area contributed by atoms with E-state index in [-0.39, 0.29) is 23.4 Å². The van der Waals surface area contributed by atoms with Crippen molar-refractivity contribution in [3.63, 3.8) is 0 Å². The molecule has 3 rings (SSSR count). The average Bonchev–Trinajstić information content (AvgIpc) is 2.69. The number of nitrogens with one attached hydrogen (secondary N) is 1. The Labute approximate surface area is 163 Å². The summed E-state index contributed by atoms with van der Waals surface area (Å²) >= 11 is 0. The maximum Gasteiger partial charge on any atom is 0.354 e. The van der Waals surface area contributed by atoms with Crippen LogP contribution in [0.2, 0.25) is 0 Å². The predicted octanol–water partition coefficient (Wildman–Crippen LogP) is 0.739. The van der Waals surface area contributed by atoms with E-state index in [1.165, 1.54) is 6.33 Å². The van der Waals surface area contributed by atoms with Gasteiger partial charge >= 0.3 is 11.7 Å². The van der Waals surface area contributed by atoms with Crippen LogP contribution in [0.1, 0.15) is 19.8 Å². The number of piperazine rings is 1. The summed E-state index contributed by atoms with van der Waals surface area (Å²) in [5.41, 5.74) is 2.96. The van der Waals surface area contributed by atoms with Crippen LogP contribution in [0, 0.1) is 16.0 Å². The zero-order valence-electron chi connectivity index (χ0n) is 16.3. The molecule has 0 amide bonds. The van der Waals surface area contributed by atoms with Gasteiger partial charge in [0.2, 0.25) is 11.6 Å². The van der Waals surface area contributed by atoms with Crippen molar-refractivity contribution < 1.29 is 14.5 Å². The third kappa shape index (κ3) is 4.65. The van der Waals surface area contributed by atoms with Gasteiger partial charge in [0.1, 0.15) is 6.33 Å². The minimum atomic E-state index is -0.439. The monoisotopic (exact) mass is 393 g/mol. The smallest absolute Gasteiger partial charge is 0.354 e. The Morgan fingerprint density at radius 2 is 1.93 bits per heavy atom. The Morgan fingerprint density at radius 3 is 2.54 bits per heavy atom. The van der Waals surface area contributed by atoms with E-state index in [9.17, 15) is 14.9 Å². The summed E-state index contributed by atoms with van der Waals surface area (Å²) < 4.78 is 5.09. The Hall–Kier alpha value is -2.53. The van der Waals surface area contributed by atoms with Gasteiger partial charge in [-0.2, -0.15) is 0 Å². The molecule has 3 heterocycles. The maximum atomic E-state index is 11.9. The molecule has 0 atom stereocenters. The van der Waals surface area contributed by atoms with Gasteiger partial charge in [-0.3, -0.25) is 20.3 Å². The average molecular weight is 393 g/mol. The number of aromatic nitrogens is 2. The molecular formula is C17H27N7O4. The SMILES string of the molecule is CCOC(=O)C1CCN(c2ncnc(NN3CCN(C)CC3)c2[N+](=O)[O-])CC1. The molecule has 0 bridgehead atoms. The number of carbonyl (C=O) groups excluding carboxylic acids is 1. The molecule has 0 spiro atoms. The highest BCUT2D eigenvalue weighted by atomic mass is 16.6. The molecule has 0 saturated carbocycles. The summed E-state index contributed by atoms with van der Waals surface area (Å²) in [5.74, 6) is 0.128. The largest absolute Gasteiger partial charge is 0.466 e. The number of hydrogen-bond donors (Lipinski definition) is 1. The van der Waals surface area contributed by atoms with Crippen molar-refractivity contribution in [2.24, 2.45) is 5.92 Å². The molecule has 2 saturated heterocycles. The number of piperidine rings is 1. The lowest BCUT2D eigenvalue weighted by Gasteiger charge is -2.33. The van der Waals surface area contributed by atoms with Crippen molar-refractivity contribution in [3.8, 4) is 0 Å². The van der Waals surface area contributed by atoms with Crippen molar-refractivity contribution in [1.29, 1.82) is 0 Å². The van der Waals surface area contributed by atoms with E-state index in [0.717, 1.165) is 26.2 Å². The van der Waals surface area contributed by atoms with Crippen molar-refractivity contribution in [1.82, 2.24) is 19.9 Å². The summed E-state index contributed by atoms with van der Waals surface area (Å²) in [6.45, 7) is 6.41. The molecule has 0 aromatic carbocycles. The minimum Gasteiger partial charge on any atom is -0.466 e. The van der Waals surface area contributed by atoms with Gasteiger partial charge in [-0.25, -0.2) is 15.0 Å². The van der Waals surface area contributed by atoms with E-state index in [1.54, 1.807) is 6.92 Å². The first-order valence-electron chi connectivity index (χ1n) is 9.60. The molecule has 1 aromatic rings. The van der Waals surface area contributed by atoms with E-state index in [1.807, 2.05) is 17.0 Å². The molecule has 11 heteroatoms. The van der Waals surface area contributed by atoms with Gasteiger partial charge in [-0.05, 0) is 26.8 Å². The highest BCUT2D eigenvalue weighted by Gasteiger charge is 2.32. The Kier molecular flexibility index (Phi) is 6.57. The van der Waals surface area contributed by atoms with Crippen LogP contribution in [-0.4, -0.2) is 83.7 Å². The fraction of sp³-hybridized carbons (Fsp3) is 0.706. The van der Waals surface area contributed by atoms with E-state index >= 15 is 0 Å². The van der Waals surface area contributed by atoms with E-state index in [2.05, 4.69) is 20.3 Å².